The molecule has 1 aromatic heterocycles. The minimum atomic E-state index is -0.866. The van der Waals surface area contributed by atoms with E-state index in [0.29, 0.717) is 41.0 Å². The van der Waals surface area contributed by atoms with Gasteiger partial charge in [0.05, 0.1) is 36.6 Å². The van der Waals surface area contributed by atoms with Crippen molar-refractivity contribution in [2.75, 3.05) is 18.5 Å². The number of aliphatic hydroxyl groups excluding tert-OH is 1. The lowest BCUT2D eigenvalue weighted by Gasteiger charge is -2.19. The van der Waals surface area contributed by atoms with Gasteiger partial charge in [0.25, 0.3) is 17.6 Å². The van der Waals surface area contributed by atoms with Gasteiger partial charge in [-0.05, 0) is 62.4 Å². The van der Waals surface area contributed by atoms with E-state index in [4.69, 9.17) is 4.74 Å². The largest absolute Gasteiger partial charge is 0.388 e. The van der Waals surface area contributed by atoms with Crippen LogP contribution in [0.3, 0.4) is 0 Å². The predicted octanol–water partition coefficient (Wildman–Crippen LogP) is 1.89. The van der Waals surface area contributed by atoms with Gasteiger partial charge in [-0.2, -0.15) is 0 Å². The molecule has 9 heteroatoms. The van der Waals surface area contributed by atoms with Crippen LogP contribution in [-0.2, 0) is 22.5 Å². The zero-order valence-corrected chi connectivity index (χ0v) is 18.0. The number of fused-ring (bicyclic) bond motifs is 1. The molecule has 0 aliphatic carbocycles. The third-order valence-corrected chi connectivity index (χ3v) is 6.09. The zero-order chi connectivity index (χ0) is 23.0. The van der Waals surface area contributed by atoms with E-state index >= 15 is 0 Å². The van der Waals surface area contributed by atoms with Crippen molar-refractivity contribution in [2.24, 2.45) is 0 Å². The highest BCUT2D eigenvalue weighted by Crippen LogP contribution is 2.30. The lowest BCUT2D eigenvalue weighted by atomic mass is 10.0. The maximum Gasteiger partial charge on any atom is 0.294 e. The standard InChI is InChI=1S/C23H26FN3O5/c1-12-9-14(6-7-15(12)24)25-22(30)19-13(2)20(27-8-4-3-5-17(19)27)21(29)23(31)26-16-10-32-11-18(16)28/h6-7,9,16,18,28H,3-5,8,10-11H2,1-2H3,(H,25,30)(H,26,31)/t16-,18-/m0/s1. The van der Waals surface area contributed by atoms with Gasteiger partial charge >= 0.3 is 0 Å². The van der Waals surface area contributed by atoms with E-state index in [0.717, 1.165) is 12.8 Å². The summed E-state index contributed by atoms with van der Waals surface area (Å²) in [7, 11) is 0. The summed E-state index contributed by atoms with van der Waals surface area (Å²) in [5.41, 5.74) is 2.55. The molecule has 0 unspecified atom stereocenters. The Morgan fingerprint density at radius 1 is 1.19 bits per heavy atom. The van der Waals surface area contributed by atoms with E-state index in [1.165, 1.54) is 12.1 Å². The van der Waals surface area contributed by atoms with Crippen LogP contribution in [0.2, 0.25) is 0 Å². The fraction of sp³-hybridized carbons (Fsp3) is 0.435. The molecule has 8 nitrogen and oxygen atoms in total. The summed E-state index contributed by atoms with van der Waals surface area (Å²) in [5, 5.41) is 15.2. The van der Waals surface area contributed by atoms with E-state index in [1.807, 2.05) is 0 Å². The van der Waals surface area contributed by atoms with Crippen LogP contribution in [0.5, 0.6) is 0 Å². The lowest BCUT2D eigenvalue weighted by Crippen LogP contribution is -2.45. The molecule has 4 rings (SSSR count). The quantitative estimate of drug-likeness (QED) is 0.483. The normalized spacial score (nSPS) is 20.0. The number of nitrogens with one attached hydrogen (secondary N) is 2. The molecular weight excluding hydrogens is 417 g/mol. The first-order valence-corrected chi connectivity index (χ1v) is 10.7. The topological polar surface area (TPSA) is 110 Å². The van der Waals surface area contributed by atoms with E-state index in [9.17, 15) is 23.9 Å². The first kappa shape index (κ1) is 22.2. The highest BCUT2D eigenvalue weighted by atomic mass is 19.1. The molecule has 170 valence electrons. The van der Waals surface area contributed by atoms with Crippen molar-refractivity contribution >= 4 is 23.3 Å². The molecule has 1 fully saturated rings. The SMILES string of the molecule is Cc1cc(NC(=O)c2c(C)c(C(=O)C(=O)N[C@H]3COC[C@@H]3O)n3c2CCCC3)ccc1F. The van der Waals surface area contributed by atoms with Crippen molar-refractivity contribution in [1.29, 1.82) is 0 Å². The molecule has 2 aliphatic heterocycles. The average Bonchev–Trinajstić information content (AvgIpc) is 3.29. The Labute approximate surface area is 184 Å². The molecule has 0 spiro atoms. The monoisotopic (exact) mass is 443 g/mol. The van der Waals surface area contributed by atoms with E-state index in [-0.39, 0.29) is 24.7 Å². The number of aromatic nitrogens is 1. The van der Waals surface area contributed by atoms with Crippen molar-refractivity contribution in [3.63, 3.8) is 0 Å². The summed E-state index contributed by atoms with van der Waals surface area (Å²) in [5.74, 6) is -2.36. The van der Waals surface area contributed by atoms with Crippen LogP contribution >= 0.6 is 0 Å². The molecule has 2 amide bonds. The Hall–Kier alpha value is -3.04. The summed E-state index contributed by atoms with van der Waals surface area (Å²) in [4.78, 5) is 38.9. The second-order valence-corrected chi connectivity index (χ2v) is 8.34. The Morgan fingerprint density at radius 2 is 1.97 bits per heavy atom. The van der Waals surface area contributed by atoms with E-state index in [1.54, 1.807) is 24.5 Å². The molecule has 1 aromatic carbocycles. The van der Waals surface area contributed by atoms with Gasteiger partial charge < -0.3 is 25.0 Å². The van der Waals surface area contributed by atoms with Crippen LogP contribution in [0.4, 0.5) is 10.1 Å². The van der Waals surface area contributed by atoms with Crippen molar-refractivity contribution < 1.29 is 28.6 Å². The smallest absolute Gasteiger partial charge is 0.294 e. The number of benzene rings is 1. The number of aryl methyl sites for hydroxylation is 1. The van der Waals surface area contributed by atoms with Crippen molar-refractivity contribution in [1.82, 2.24) is 9.88 Å². The second-order valence-electron chi connectivity index (χ2n) is 8.34. The second kappa shape index (κ2) is 8.84. The van der Waals surface area contributed by atoms with Crippen molar-refractivity contribution in [3.8, 4) is 0 Å². The number of carbonyl (C=O) groups excluding carboxylic acids is 3. The van der Waals surface area contributed by atoms with Crippen LogP contribution in [0, 0.1) is 19.7 Å². The van der Waals surface area contributed by atoms with Gasteiger partial charge in [-0.15, -0.1) is 0 Å². The maximum absolute atomic E-state index is 13.6. The fourth-order valence-electron chi connectivity index (χ4n) is 4.41. The first-order chi connectivity index (χ1) is 15.3. The summed E-state index contributed by atoms with van der Waals surface area (Å²) in [6.45, 7) is 4.03. The summed E-state index contributed by atoms with van der Waals surface area (Å²) < 4.78 is 20.4. The van der Waals surface area contributed by atoms with Crippen LogP contribution in [0.15, 0.2) is 18.2 Å². The van der Waals surface area contributed by atoms with Crippen molar-refractivity contribution in [2.45, 2.75) is 51.8 Å². The fourth-order valence-corrected chi connectivity index (χ4v) is 4.41. The van der Waals surface area contributed by atoms with Gasteiger partial charge in [-0.1, -0.05) is 0 Å². The number of anilines is 1. The number of rotatable bonds is 5. The third-order valence-electron chi connectivity index (χ3n) is 6.09. The number of aliphatic hydroxyl groups is 1. The number of halogens is 1. The molecule has 0 saturated carbocycles. The molecule has 0 bridgehead atoms. The van der Waals surface area contributed by atoms with Crippen LogP contribution in [0.1, 0.15) is 50.5 Å². The zero-order valence-electron chi connectivity index (χ0n) is 18.0. The highest BCUT2D eigenvalue weighted by Gasteiger charge is 2.35. The average molecular weight is 443 g/mol. The van der Waals surface area contributed by atoms with Crippen LogP contribution in [-0.4, -0.2) is 52.6 Å². The molecule has 1 saturated heterocycles. The minimum absolute atomic E-state index is 0.103. The molecule has 2 aliphatic rings. The molecule has 3 N–H and O–H groups in total. The number of ether oxygens (including phenoxy) is 1. The van der Waals surface area contributed by atoms with Crippen molar-refractivity contribution in [3.05, 3.63) is 52.1 Å². The number of nitrogens with zero attached hydrogens (tertiary/aromatic N) is 1. The highest BCUT2D eigenvalue weighted by molar-refractivity contribution is 6.43. The maximum atomic E-state index is 13.6. The Kier molecular flexibility index (Phi) is 6.12. The Morgan fingerprint density at radius 3 is 2.66 bits per heavy atom. The molecule has 32 heavy (non-hydrogen) atoms. The number of hydrogen-bond donors (Lipinski definition) is 3. The number of amides is 2. The van der Waals surface area contributed by atoms with Gasteiger partial charge in [-0.25, -0.2) is 4.39 Å². The lowest BCUT2D eigenvalue weighted by molar-refractivity contribution is -0.118. The molecule has 0 radical (unpaired) electrons. The predicted molar refractivity (Wildman–Crippen MR) is 114 cm³/mol. The van der Waals surface area contributed by atoms with Crippen LogP contribution < -0.4 is 10.6 Å². The number of ketones is 1. The van der Waals surface area contributed by atoms with E-state index in [2.05, 4.69) is 10.6 Å². The summed E-state index contributed by atoms with van der Waals surface area (Å²) in [6, 6.07) is 3.66. The van der Waals surface area contributed by atoms with Gasteiger partial charge in [0.1, 0.15) is 5.82 Å². The molecular formula is C23H26FN3O5. The molecule has 3 heterocycles. The molecule has 2 aromatic rings. The summed E-state index contributed by atoms with van der Waals surface area (Å²) >= 11 is 0. The van der Waals surface area contributed by atoms with Gasteiger partial charge in [0, 0.05) is 17.9 Å². The van der Waals surface area contributed by atoms with Gasteiger partial charge in [0.15, 0.2) is 0 Å². The summed E-state index contributed by atoms with van der Waals surface area (Å²) in [6.07, 6.45) is 1.44. The van der Waals surface area contributed by atoms with E-state index < -0.39 is 29.7 Å². The molecule has 2 atom stereocenters. The number of Topliss-reactive ketones (excluding diaryl/α,β-unsaturated/α-hetero) is 1. The number of carbonyl (C=O) groups is 3. The van der Waals surface area contributed by atoms with Gasteiger partial charge in [-0.3, -0.25) is 14.4 Å². The van der Waals surface area contributed by atoms with Gasteiger partial charge in [0.2, 0.25) is 0 Å². The Balaban J connectivity index is 1.64. The Bertz CT molecular complexity index is 1090. The third kappa shape index (κ3) is 4.05. The minimum Gasteiger partial charge on any atom is -0.388 e. The number of hydrogen-bond acceptors (Lipinski definition) is 5. The van der Waals surface area contributed by atoms with Crippen LogP contribution in [0.25, 0.3) is 0 Å². The first-order valence-electron chi connectivity index (χ1n) is 10.7.